The fraction of sp³-hybridized carbons (Fsp3) is 0.176. The molecule has 0 amide bonds. The molecule has 0 spiro atoms. The summed E-state index contributed by atoms with van der Waals surface area (Å²) in [7, 11) is 0. The molecule has 0 saturated carbocycles. The van der Waals surface area contributed by atoms with E-state index >= 15 is 0 Å². The van der Waals surface area contributed by atoms with Crippen LogP contribution in [0.2, 0.25) is 0 Å². The van der Waals surface area contributed by atoms with Gasteiger partial charge in [-0.2, -0.15) is 19.2 Å². The predicted octanol–water partition coefficient (Wildman–Crippen LogP) is 7.71. The van der Waals surface area contributed by atoms with E-state index in [0.29, 0.717) is 47.3 Å². The van der Waals surface area contributed by atoms with Crippen molar-refractivity contribution in [3.8, 4) is 23.0 Å². The highest BCUT2D eigenvalue weighted by Crippen LogP contribution is 2.32. The molecule has 18 heteroatoms. The van der Waals surface area contributed by atoms with Crippen molar-refractivity contribution in [2.45, 2.75) is 37.8 Å². The zero-order valence-corrected chi connectivity index (χ0v) is 26.2. The molecule has 12 nitrogen and oxygen atoms in total. The molecule has 4 aromatic rings. The Morgan fingerprint density at radius 2 is 0.808 bits per heavy atom. The molecular formula is C34H24F6N2O10. The fourth-order valence-corrected chi connectivity index (χ4v) is 4.21. The molecule has 0 bridgehead atoms. The molecule has 0 saturated heterocycles. The summed E-state index contributed by atoms with van der Waals surface area (Å²) in [4.78, 5) is 43.0. The first-order chi connectivity index (χ1) is 24.8. The van der Waals surface area contributed by atoms with Gasteiger partial charge in [-0.05, 0) is 59.7 Å². The largest absolute Gasteiger partial charge is 0.573 e. The van der Waals surface area contributed by atoms with Crippen molar-refractivity contribution in [2.24, 2.45) is 10.3 Å². The molecule has 2 aliphatic rings. The van der Waals surface area contributed by atoms with E-state index in [2.05, 4.69) is 19.8 Å². The van der Waals surface area contributed by atoms with Crippen LogP contribution >= 0.6 is 0 Å². The van der Waals surface area contributed by atoms with Gasteiger partial charge in [0.25, 0.3) is 0 Å². The van der Waals surface area contributed by atoms with Gasteiger partial charge in [-0.1, -0.05) is 71.0 Å². The second kappa shape index (κ2) is 19.5. The van der Waals surface area contributed by atoms with E-state index in [1.54, 1.807) is 24.3 Å². The molecule has 272 valence electrons. The lowest BCUT2D eigenvalue weighted by Gasteiger charge is -2.11. The van der Waals surface area contributed by atoms with Crippen LogP contribution in [0.15, 0.2) is 120 Å². The summed E-state index contributed by atoms with van der Waals surface area (Å²) in [6.07, 6.45) is -8.90. The van der Waals surface area contributed by atoms with Crippen molar-refractivity contribution in [3.63, 3.8) is 0 Å². The van der Waals surface area contributed by atoms with Gasteiger partial charge in [0.05, 0.1) is 12.8 Å². The van der Waals surface area contributed by atoms with Crippen LogP contribution in [0.3, 0.4) is 0 Å². The average molecular weight is 735 g/mol. The summed E-state index contributed by atoms with van der Waals surface area (Å²) in [6.45, 7) is 0. The van der Waals surface area contributed by atoms with E-state index in [9.17, 15) is 26.3 Å². The molecule has 4 aromatic carbocycles. The van der Waals surface area contributed by atoms with Crippen molar-refractivity contribution >= 4 is 24.1 Å². The van der Waals surface area contributed by atoms with Crippen molar-refractivity contribution in [1.29, 1.82) is 0 Å². The lowest BCUT2D eigenvalue weighted by molar-refractivity contribution is -0.275. The van der Waals surface area contributed by atoms with Crippen molar-refractivity contribution in [3.05, 3.63) is 120 Å². The van der Waals surface area contributed by atoms with Gasteiger partial charge in [0.1, 0.15) is 23.0 Å². The number of halogens is 6. The summed E-state index contributed by atoms with van der Waals surface area (Å²) >= 11 is 0. The molecule has 0 fully saturated rings. The van der Waals surface area contributed by atoms with Crippen LogP contribution in [0.1, 0.15) is 36.2 Å². The zero-order valence-electron chi connectivity index (χ0n) is 26.2. The molecule has 0 radical (unpaired) electrons. The Bertz CT molecular complexity index is 1670. The van der Waals surface area contributed by atoms with Gasteiger partial charge in [0.2, 0.25) is 11.8 Å². The molecule has 2 aliphatic heterocycles. The van der Waals surface area contributed by atoms with E-state index in [4.69, 9.17) is 38.3 Å². The molecule has 2 atom stereocenters. The summed E-state index contributed by atoms with van der Waals surface area (Å²) in [5.74, 6) is 1.56. The molecule has 2 heterocycles. The third-order valence-electron chi connectivity index (χ3n) is 6.21. The van der Waals surface area contributed by atoms with Crippen LogP contribution in [-0.4, -0.2) is 36.8 Å². The number of hydrogen-bond donors (Lipinski definition) is 0. The van der Waals surface area contributed by atoms with Crippen LogP contribution < -0.4 is 18.9 Å². The molecule has 52 heavy (non-hydrogen) atoms. The van der Waals surface area contributed by atoms with Gasteiger partial charge in [-0.25, -0.2) is 0 Å². The number of oxime groups is 2. The van der Waals surface area contributed by atoms with Crippen LogP contribution in [0, 0.1) is 0 Å². The van der Waals surface area contributed by atoms with E-state index in [-0.39, 0.29) is 23.8 Å². The Balaban J connectivity index is 0.000000244. The van der Waals surface area contributed by atoms with Crippen LogP contribution in [-0.2, 0) is 28.9 Å². The number of carbonyl (C=O) groups excluding carboxylic acids is 4. The maximum absolute atomic E-state index is 12.1. The maximum atomic E-state index is 12.1. The first-order valence-electron chi connectivity index (χ1n) is 14.4. The number of hydrogen-bond acceptors (Lipinski definition) is 12. The average Bonchev–Trinajstić information content (AvgIpc) is 3.76. The van der Waals surface area contributed by atoms with E-state index in [1.807, 2.05) is 36.4 Å². The number of alkyl halides is 6. The number of para-hydroxylation sites is 2. The van der Waals surface area contributed by atoms with E-state index in [1.165, 1.54) is 48.5 Å². The first-order valence-corrected chi connectivity index (χ1v) is 14.4. The van der Waals surface area contributed by atoms with Crippen molar-refractivity contribution in [2.75, 3.05) is 0 Å². The highest BCUT2D eigenvalue weighted by molar-refractivity contribution is 5.80. The van der Waals surface area contributed by atoms with Gasteiger partial charge in [-0.3, -0.25) is 0 Å². The zero-order chi connectivity index (χ0) is 38.0. The smallest absolute Gasteiger partial charge is 0.440 e. The Hall–Kier alpha value is -6.64. The normalized spacial score (nSPS) is 15.7. The monoisotopic (exact) mass is 734 g/mol. The van der Waals surface area contributed by atoms with Gasteiger partial charge in [0.15, 0.2) is 12.2 Å². The molecular weight excluding hydrogens is 710 g/mol. The minimum Gasteiger partial charge on any atom is -0.440 e. The summed E-state index contributed by atoms with van der Waals surface area (Å²) < 4.78 is 91.5. The topological polar surface area (TPSA) is 148 Å². The van der Waals surface area contributed by atoms with Gasteiger partial charge in [-0.15, -0.1) is 26.3 Å². The van der Waals surface area contributed by atoms with Gasteiger partial charge >= 0.3 is 25.0 Å². The lowest BCUT2D eigenvalue weighted by Crippen LogP contribution is -2.17. The van der Waals surface area contributed by atoms with Crippen LogP contribution in [0.25, 0.3) is 0 Å². The third kappa shape index (κ3) is 14.5. The maximum Gasteiger partial charge on any atom is 0.573 e. The quantitative estimate of drug-likeness (QED) is 0.180. The van der Waals surface area contributed by atoms with Gasteiger partial charge < -0.3 is 28.6 Å². The predicted molar refractivity (Wildman–Crippen MR) is 162 cm³/mol. The second-order valence-corrected chi connectivity index (χ2v) is 9.80. The fourth-order valence-electron chi connectivity index (χ4n) is 4.21. The van der Waals surface area contributed by atoms with Crippen LogP contribution in [0.4, 0.5) is 26.3 Å². The summed E-state index contributed by atoms with van der Waals surface area (Å²) in [5.41, 5.74) is 1.38. The first kappa shape index (κ1) is 39.8. The third-order valence-corrected chi connectivity index (χ3v) is 6.21. The number of ether oxygens (including phenoxy) is 4. The SMILES string of the molecule is FC(F)(F)Oc1ccc([C@@H]2CC(Oc3ccccc3)=NO2)cc1.FC(F)(F)Oc1ccc([C@H]2CC(Oc3ccccc3)=NO2)cc1.O=C=O.O=C=O. The van der Waals surface area contributed by atoms with Crippen molar-refractivity contribution < 1.29 is 74.1 Å². The highest BCUT2D eigenvalue weighted by atomic mass is 19.4. The Morgan fingerprint density at radius 1 is 0.500 bits per heavy atom. The standard InChI is InChI=1S/2C16H12F3NO3.2CO2/c2*17-16(18,19)22-13-8-6-11(7-9-13)14-10-15(20-23-14)21-12-4-2-1-3-5-12;2*2-1-3/h2*1-9,14H,10H2;;/t2*14-;;/m10../s1. The molecule has 6 rings (SSSR count). The second-order valence-electron chi connectivity index (χ2n) is 9.80. The summed E-state index contributed by atoms with van der Waals surface area (Å²) in [5, 5.41) is 7.71. The minimum absolute atomic E-state index is 0.250. The van der Waals surface area contributed by atoms with Crippen molar-refractivity contribution in [1.82, 2.24) is 0 Å². The molecule has 0 N–H and O–H groups in total. The molecule has 0 unspecified atom stereocenters. The Labute approximate surface area is 289 Å². The van der Waals surface area contributed by atoms with Gasteiger partial charge in [0, 0.05) is 0 Å². The minimum atomic E-state index is -4.70. The van der Waals surface area contributed by atoms with Crippen LogP contribution in [0.5, 0.6) is 23.0 Å². The number of nitrogens with zero attached hydrogens (tertiary/aromatic N) is 2. The Morgan fingerprint density at radius 3 is 1.10 bits per heavy atom. The van der Waals surface area contributed by atoms with E-state index in [0.717, 1.165) is 0 Å². The summed E-state index contributed by atoms with van der Waals surface area (Å²) in [6, 6.07) is 29.2. The Kier molecular flexibility index (Phi) is 14.9. The molecule has 0 aliphatic carbocycles. The number of benzene rings is 4. The molecule has 0 aromatic heterocycles. The van der Waals surface area contributed by atoms with E-state index < -0.39 is 24.9 Å². The highest BCUT2D eigenvalue weighted by Gasteiger charge is 2.32. The number of rotatable bonds is 6. The lowest BCUT2D eigenvalue weighted by atomic mass is 10.1.